The Morgan fingerprint density at radius 1 is 1.00 bits per heavy atom. The number of amides is 1. The Balaban J connectivity index is 1.93. The second-order valence-electron chi connectivity index (χ2n) is 6.74. The molecule has 4 rings (SSSR count). The van der Waals surface area contributed by atoms with Crippen LogP contribution >= 0.6 is 23.2 Å². The summed E-state index contributed by atoms with van der Waals surface area (Å²) in [5, 5.41) is 20.6. The molecule has 2 heterocycles. The molecule has 1 aliphatic rings. The number of aliphatic hydroxyl groups excluding tert-OH is 1. The SMILES string of the molecule is N#Cc1ccc(N2C(=O)C(=O)/C(=C(\O)c3ccc(Cl)c(Cl)c3)C2c2ccncc2)cc1. The molecule has 3 aromatic rings. The van der Waals surface area contributed by atoms with E-state index in [9.17, 15) is 14.7 Å². The fraction of sp³-hybridized carbons (Fsp3) is 0.0435. The van der Waals surface area contributed by atoms with Gasteiger partial charge in [-0.3, -0.25) is 19.5 Å². The molecule has 0 aliphatic carbocycles. The molecule has 8 heteroatoms. The lowest BCUT2D eigenvalue weighted by molar-refractivity contribution is -0.132. The molecule has 0 bridgehead atoms. The molecule has 2 aromatic carbocycles. The van der Waals surface area contributed by atoms with Crippen LogP contribution in [0.4, 0.5) is 5.69 Å². The van der Waals surface area contributed by atoms with Gasteiger partial charge in [0.1, 0.15) is 5.76 Å². The predicted molar refractivity (Wildman–Crippen MR) is 117 cm³/mol. The highest BCUT2D eigenvalue weighted by Gasteiger charge is 2.47. The van der Waals surface area contributed by atoms with Crippen LogP contribution in [-0.2, 0) is 9.59 Å². The van der Waals surface area contributed by atoms with Gasteiger partial charge in [-0.15, -0.1) is 0 Å². The van der Waals surface area contributed by atoms with Crippen LogP contribution in [0, 0.1) is 11.3 Å². The molecule has 1 atom stereocenters. The number of nitriles is 1. The number of Topliss-reactive ketones (excluding diaryl/α,β-unsaturated/α-hetero) is 1. The standard InChI is InChI=1S/C23H13Cl2N3O3/c24-17-6-3-15(11-18(17)25)21(29)19-20(14-7-9-27-10-8-14)28(23(31)22(19)30)16-4-1-13(12-26)2-5-16/h1-11,20,29H/b21-19-. The summed E-state index contributed by atoms with van der Waals surface area (Å²) in [6.45, 7) is 0. The van der Waals surface area contributed by atoms with Crippen molar-refractivity contribution in [1.29, 1.82) is 5.26 Å². The maximum absolute atomic E-state index is 13.0. The summed E-state index contributed by atoms with van der Waals surface area (Å²) in [7, 11) is 0. The van der Waals surface area contributed by atoms with E-state index in [1.54, 1.807) is 36.4 Å². The normalized spacial score (nSPS) is 17.6. The van der Waals surface area contributed by atoms with Crippen LogP contribution < -0.4 is 4.90 Å². The number of nitrogens with zero attached hydrogens (tertiary/aromatic N) is 3. The number of halogens is 2. The molecule has 1 aliphatic heterocycles. The lowest BCUT2D eigenvalue weighted by atomic mass is 9.95. The van der Waals surface area contributed by atoms with Crippen molar-refractivity contribution in [2.45, 2.75) is 6.04 Å². The first-order chi connectivity index (χ1) is 14.9. The van der Waals surface area contributed by atoms with E-state index < -0.39 is 17.7 Å². The number of pyridine rings is 1. The van der Waals surface area contributed by atoms with Crippen molar-refractivity contribution in [2.75, 3.05) is 4.90 Å². The molecule has 6 nitrogen and oxygen atoms in total. The minimum atomic E-state index is -0.898. The quantitative estimate of drug-likeness (QED) is 0.349. The molecule has 152 valence electrons. The summed E-state index contributed by atoms with van der Waals surface area (Å²) >= 11 is 12.0. The van der Waals surface area contributed by atoms with E-state index in [0.29, 0.717) is 21.8 Å². The van der Waals surface area contributed by atoms with E-state index in [-0.39, 0.29) is 21.9 Å². The van der Waals surface area contributed by atoms with Crippen LogP contribution in [0.5, 0.6) is 0 Å². The molecule has 0 spiro atoms. The van der Waals surface area contributed by atoms with Crippen molar-refractivity contribution in [3.63, 3.8) is 0 Å². The number of carbonyl (C=O) groups is 2. The third-order valence-electron chi connectivity index (χ3n) is 4.93. The summed E-state index contributed by atoms with van der Waals surface area (Å²) in [4.78, 5) is 31.3. The van der Waals surface area contributed by atoms with Gasteiger partial charge in [-0.05, 0) is 60.2 Å². The van der Waals surface area contributed by atoms with Crippen molar-refractivity contribution >= 4 is 46.3 Å². The molecule has 1 N–H and O–H groups in total. The van der Waals surface area contributed by atoms with Crippen LogP contribution in [0.2, 0.25) is 10.0 Å². The Kier molecular flexibility index (Phi) is 5.47. The highest BCUT2D eigenvalue weighted by atomic mass is 35.5. The number of hydrogen-bond acceptors (Lipinski definition) is 5. The number of ketones is 1. The molecule has 1 fully saturated rings. The first-order valence-electron chi connectivity index (χ1n) is 9.09. The smallest absolute Gasteiger partial charge is 0.300 e. The van der Waals surface area contributed by atoms with Gasteiger partial charge in [0, 0.05) is 23.6 Å². The first kappa shape index (κ1) is 20.6. The number of anilines is 1. The Hall–Kier alpha value is -3.66. The van der Waals surface area contributed by atoms with E-state index >= 15 is 0 Å². The molecule has 0 saturated carbocycles. The van der Waals surface area contributed by atoms with E-state index in [1.165, 1.54) is 35.5 Å². The van der Waals surface area contributed by atoms with Crippen LogP contribution in [-0.4, -0.2) is 21.8 Å². The van der Waals surface area contributed by atoms with E-state index in [2.05, 4.69) is 4.98 Å². The third-order valence-corrected chi connectivity index (χ3v) is 5.67. The van der Waals surface area contributed by atoms with Crippen molar-refractivity contribution in [1.82, 2.24) is 4.98 Å². The van der Waals surface area contributed by atoms with Gasteiger partial charge in [0.25, 0.3) is 11.7 Å². The molecular formula is C23H13Cl2N3O3. The first-order valence-corrected chi connectivity index (χ1v) is 9.84. The highest BCUT2D eigenvalue weighted by Crippen LogP contribution is 2.42. The second-order valence-corrected chi connectivity index (χ2v) is 7.55. The minimum absolute atomic E-state index is 0.0843. The summed E-state index contributed by atoms with van der Waals surface area (Å²) in [5.74, 6) is -2.00. The minimum Gasteiger partial charge on any atom is -0.507 e. The largest absolute Gasteiger partial charge is 0.507 e. The molecule has 1 saturated heterocycles. The zero-order valence-electron chi connectivity index (χ0n) is 15.8. The van der Waals surface area contributed by atoms with Gasteiger partial charge in [0.15, 0.2) is 0 Å². The van der Waals surface area contributed by atoms with E-state index in [4.69, 9.17) is 28.5 Å². The number of rotatable bonds is 3. The summed E-state index contributed by atoms with van der Waals surface area (Å²) in [6, 6.07) is 15.1. The lowest BCUT2D eigenvalue weighted by Gasteiger charge is -2.25. The maximum atomic E-state index is 13.0. The van der Waals surface area contributed by atoms with Gasteiger partial charge < -0.3 is 5.11 Å². The number of carbonyl (C=O) groups excluding carboxylic acids is 2. The van der Waals surface area contributed by atoms with Gasteiger partial charge in [0.2, 0.25) is 0 Å². The number of benzene rings is 2. The summed E-state index contributed by atoms with van der Waals surface area (Å²) < 4.78 is 0. The average molecular weight is 450 g/mol. The van der Waals surface area contributed by atoms with Crippen LogP contribution in [0.1, 0.15) is 22.7 Å². The molecule has 1 unspecified atom stereocenters. The topological polar surface area (TPSA) is 94.3 Å². The van der Waals surface area contributed by atoms with Crippen molar-refractivity contribution in [3.8, 4) is 6.07 Å². The van der Waals surface area contributed by atoms with Crippen molar-refractivity contribution < 1.29 is 14.7 Å². The molecule has 1 amide bonds. The van der Waals surface area contributed by atoms with E-state index in [1.807, 2.05) is 6.07 Å². The number of aliphatic hydroxyl groups is 1. The number of hydrogen-bond donors (Lipinski definition) is 1. The highest BCUT2D eigenvalue weighted by molar-refractivity contribution is 6.51. The van der Waals surface area contributed by atoms with Gasteiger partial charge in [0.05, 0.1) is 33.3 Å². The summed E-state index contributed by atoms with van der Waals surface area (Å²) in [5.41, 5.74) is 1.58. The molecule has 31 heavy (non-hydrogen) atoms. The van der Waals surface area contributed by atoms with Crippen molar-refractivity contribution in [2.24, 2.45) is 0 Å². The van der Waals surface area contributed by atoms with Gasteiger partial charge in [-0.1, -0.05) is 23.2 Å². The van der Waals surface area contributed by atoms with Gasteiger partial charge in [-0.2, -0.15) is 5.26 Å². The maximum Gasteiger partial charge on any atom is 0.300 e. The predicted octanol–water partition coefficient (Wildman–Crippen LogP) is 4.89. The Morgan fingerprint density at radius 3 is 2.29 bits per heavy atom. The second kappa shape index (κ2) is 8.23. The third kappa shape index (κ3) is 3.66. The monoisotopic (exact) mass is 449 g/mol. The van der Waals surface area contributed by atoms with E-state index in [0.717, 1.165) is 0 Å². The molecule has 0 radical (unpaired) electrons. The number of aromatic nitrogens is 1. The zero-order chi connectivity index (χ0) is 22.1. The van der Waals surface area contributed by atoms with Gasteiger partial charge >= 0.3 is 0 Å². The summed E-state index contributed by atoms with van der Waals surface area (Å²) in [6.07, 6.45) is 3.07. The fourth-order valence-electron chi connectivity index (χ4n) is 3.46. The Labute approximate surface area is 187 Å². The Morgan fingerprint density at radius 2 is 1.68 bits per heavy atom. The lowest BCUT2D eigenvalue weighted by Crippen LogP contribution is -2.29. The molecule has 1 aromatic heterocycles. The van der Waals surface area contributed by atoms with Crippen LogP contribution in [0.25, 0.3) is 5.76 Å². The zero-order valence-corrected chi connectivity index (χ0v) is 17.3. The van der Waals surface area contributed by atoms with Crippen molar-refractivity contribution in [3.05, 3.63) is 99.3 Å². The Bertz CT molecular complexity index is 1270. The molecular weight excluding hydrogens is 437 g/mol. The average Bonchev–Trinajstić information content (AvgIpc) is 3.06. The van der Waals surface area contributed by atoms with Crippen LogP contribution in [0.15, 0.2) is 72.6 Å². The van der Waals surface area contributed by atoms with Gasteiger partial charge in [-0.25, -0.2) is 0 Å². The fourth-order valence-corrected chi connectivity index (χ4v) is 3.75. The van der Waals surface area contributed by atoms with Crippen LogP contribution in [0.3, 0.4) is 0 Å².